The molecule has 0 aromatic heterocycles. The molecule has 0 aliphatic rings. The van der Waals surface area contributed by atoms with Crippen molar-refractivity contribution in [3.8, 4) is 0 Å². The highest BCUT2D eigenvalue weighted by Crippen LogP contribution is 2.16. The number of carbonyl (C=O) groups is 1. The Morgan fingerprint density at radius 2 is 1.76 bits per heavy atom. The number of nitrogens with zero attached hydrogens (tertiary/aromatic N) is 1. The summed E-state index contributed by atoms with van der Waals surface area (Å²) in [7, 11) is 1.83. The van der Waals surface area contributed by atoms with Gasteiger partial charge in [0.2, 0.25) is 0 Å². The molecule has 0 unspecified atom stereocenters. The van der Waals surface area contributed by atoms with Crippen molar-refractivity contribution in [1.82, 2.24) is 4.90 Å². The van der Waals surface area contributed by atoms with Crippen LogP contribution in [0.2, 0.25) is 0 Å². The van der Waals surface area contributed by atoms with Gasteiger partial charge in [-0.1, -0.05) is 36.4 Å². The van der Waals surface area contributed by atoms with Crippen molar-refractivity contribution in [2.75, 3.05) is 7.05 Å². The summed E-state index contributed by atoms with van der Waals surface area (Å²) in [4.78, 5) is 14.3. The van der Waals surface area contributed by atoms with E-state index in [1.165, 1.54) is 0 Å². The van der Waals surface area contributed by atoms with Crippen molar-refractivity contribution in [3.05, 3.63) is 70.3 Å². The van der Waals surface area contributed by atoms with E-state index in [1.54, 1.807) is 4.90 Å². The molecule has 0 spiro atoms. The Balaban J connectivity index is 2.17. The van der Waals surface area contributed by atoms with E-state index in [2.05, 4.69) is 0 Å². The molecule has 0 fully saturated rings. The van der Waals surface area contributed by atoms with Gasteiger partial charge in [0.1, 0.15) is 0 Å². The van der Waals surface area contributed by atoms with Crippen molar-refractivity contribution in [2.45, 2.75) is 26.9 Å². The average Bonchev–Trinajstić information content (AvgIpc) is 2.49. The third kappa shape index (κ3) is 3.50. The molecule has 0 saturated carbocycles. The Morgan fingerprint density at radius 3 is 2.48 bits per heavy atom. The third-order valence-electron chi connectivity index (χ3n) is 3.83. The monoisotopic (exact) mass is 282 g/mol. The summed E-state index contributed by atoms with van der Waals surface area (Å²) in [5.41, 5.74) is 10.8. The molecule has 0 bridgehead atoms. The minimum absolute atomic E-state index is 0.0503. The van der Waals surface area contributed by atoms with Crippen LogP contribution in [0.1, 0.15) is 32.6 Å². The van der Waals surface area contributed by atoms with Crippen LogP contribution in [0.4, 0.5) is 0 Å². The zero-order valence-corrected chi connectivity index (χ0v) is 12.9. The molecular weight excluding hydrogens is 260 g/mol. The topological polar surface area (TPSA) is 46.3 Å². The minimum Gasteiger partial charge on any atom is -0.337 e. The van der Waals surface area contributed by atoms with Crippen molar-refractivity contribution >= 4 is 5.91 Å². The summed E-state index contributed by atoms with van der Waals surface area (Å²) in [6, 6.07) is 13.9. The first-order valence-corrected chi connectivity index (χ1v) is 7.12. The lowest BCUT2D eigenvalue weighted by molar-refractivity contribution is 0.0784. The molecule has 3 heteroatoms. The van der Waals surface area contributed by atoms with E-state index >= 15 is 0 Å². The first kappa shape index (κ1) is 15.3. The van der Waals surface area contributed by atoms with Gasteiger partial charge in [-0.05, 0) is 42.2 Å². The first-order valence-electron chi connectivity index (χ1n) is 7.12. The number of nitrogens with two attached hydrogens (primary N) is 1. The Labute approximate surface area is 126 Å². The normalized spacial score (nSPS) is 10.5. The van der Waals surface area contributed by atoms with Gasteiger partial charge in [-0.25, -0.2) is 0 Å². The molecule has 21 heavy (non-hydrogen) atoms. The largest absolute Gasteiger partial charge is 0.337 e. The molecule has 0 saturated heterocycles. The average molecular weight is 282 g/mol. The fourth-order valence-corrected chi connectivity index (χ4v) is 2.39. The molecule has 0 heterocycles. The number of carbonyl (C=O) groups excluding carboxylic acids is 1. The van der Waals surface area contributed by atoms with Gasteiger partial charge >= 0.3 is 0 Å². The Hall–Kier alpha value is -2.13. The van der Waals surface area contributed by atoms with E-state index in [-0.39, 0.29) is 5.91 Å². The number of amides is 1. The van der Waals surface area contributed by atoms with Crippen molar-refractivity contribution < 1.29 is 4.79 Å². The zero-order chi connectivity index (χ0) is 15.4. The second kappa shape index (κ2) is 6.55. The van der Waals surface area contributed by atoms with Crippen LogP contribution < -0.4 is 5.73 Å². The molecule has 3 nitrogen and oxygen atoms in total. The van der Waals surface area contributed by atoms with Crippen LogP contribution >= 0.6 is 0 Å². The summed E-state index contributed by atoms with van der Waals surface area (Å²) >= 11 is 0. The van der Waals surface area contributed by atoms with Crippen LogP contribution in [-0.4, -0.2) is 17.9 Å². The number of hydrogen-bond donors (Lipinski definition) is 1. The van der Waals surface area contributed by atoms with E-state index in [0.717, 1.165) is 27.8 Å². The smallest absolute Gasteiger partial charge is 0.254 e. The van der Waals surface area contributed by atoms with Crippen LogP contribution in [0.3, 0.4) is 0 Å². The summed E-state index contributed by atoms with van der Waals surface area (Å²) in [6.07, 6.45) is 0. The Morgan fingerprint density at radius 1 is 1.10 bits per heavy atom. The van der Waals surface area contributed by atoms with E-state index in [4.69, 9.17) is 5.73 Å². The van der Waals surface area contributed by atoms with E-state index in [9.17, 15) is 4.79 Å². The van der Waals surface area contributed by atoms with Crippen LogP contribution in [0.25, 0.3) is 0 Å². The van der Waals surface area contributed by atoms with Crippen LogP contribution in [0, 0.1) is 13.8 Å². The molecule has 2 aromatic carbocycles. The predicted molar refractivity (Wildman–Crippen MR) is 86.0 cm³/mol. The van der Waals surface area contributed by atoms with E-state index < -0.39 is 0 Å². The molecule has 110 valence electrons. The maximum absolute atomic E-state index is 12.6. The molecule has 2 rings (SSSR count). The predicted octanol–water partition coefficient (Wildman–Crippen LogP) is 3.03. The quantitative estimate of drug-likeness (QED) is 0.937. The molecular formula is C18H22N2O. The summed E-state index contributed by atoms with van der Waals surface area (Å²) in [6.45, 7) is 5.12. The van der Waals surface area contributed by atoms with E-state index in [0.29, 0.717) is 13.1 Å². The molecule has 0 aliphatic carbocycles. The highest BCUT2D eigenvalue weighted by Gasteiger charge is 2.15. The fourth-order valence-electron chi connectivity index (χ4n) is 2.39. The fraction of sp³-hybridized carbons (Fsp3) is 0.278. The SMILES string of the molecule is Cc1cccc(C(=O)N(C)Cc2cccc(CN)c2)c1C. The number of benzene rings is 2. The van der Waals surface area contributed by atoms with E-state index in [1.807, 2.05) is 63.4 Å². The van der Waals surface area contributed by atoms with Crippen molar-refractivity contribution in [2.24, 2.45) is 5.73 Å². The van der Waals surface area contributed by atoms with Gasteiger partial charge in [0.15, 0.2) is 0 Å². The Bertz CT molecular complexity index is 649. The molecule has 1 amide bonds. The highest BCUT2D eigenvalue weighted by molar-refractivity contribution is 5.95. The summed E-state index contributed by atoms with van der Waals surface area (Å²) in [5.74, 6) is 0.0503. The molecule has 0 aliphatic heterocycles. The van der Waals surface area contributed by atoms with Gasteiger partial charge < -0.3 is 10.6 Å². The number of aryl methyl sites for hydroxylation is 1. The summed E-state index contributed by atoms with van der Waals surface area (Å²) < 4.78 is 0. The zero-order valence-electron chi connectivity index (χ0n) is 12.9. The van der Waals surface area contributed by atoms with Gasteiger partial charge in [-0.3, -0.25) is 4.79 Å². The maximum Gasteiger partial charge on any atom is 0.254 e. The highest BCUT2D eigenvalue weighted by atomic mass is 16.2. The standard InChI is InChI=1S/C18H22N2O/c1-13-6-4-9-17(14(13)2)18(21)20(3)12-16-8-5-7-15(10-16)11-19/h4-10H,11-12,19H2,1-3H3. The lowest BCUT2D eigenvalue weighted by Gasteiger charge is -2.19. The van der Waals surface area contributed by atoms with Crippen molar-refractivity contribution in [1.29, 1.82) is 0 Å². The lowest BCUT2D eigenvalue weighted by Crippen LogP contribution is -2.27. The second-order valence-electron chi connectivity index (χ2n) is 5.43. The lowest BCUT2D eigenvalue weighted by atomic mass is 10.0. The molecule has 2 aromatic rings. The number of hydrogen-bond acceptors (Lipinski definition) is 2. The van der Waals surface area contributed by atoms with Gasteiger partial charge in [0.25, 0.3) is 5.91 Å². The third-order valence-corrected chi connectivity index (χ3v) is 3.83. The van der Waals surface area contributed by atoms with Crippen LogP contribution in [0.15, 0.2) is 42.5 Å². The first-order chi connectivity index (χ1) is 10.0. The second-order valence-corrected chi connectivity index (χ2v) is 5.43. The Kier molecular flexibility index (Phi) is 4.76. The molecule has 0 radical (unpaired) electrons. The summed E-state index contributed by atoms with van der Waals surface area (Å²) in [5, 5.41) is 0. The van der Waals surface area contributed by atoms with Gasteiger partial charge in [0.05, 0.1) is 0 Å². The van der Waals surface area contributed by atoms with Gasteiger partial charge in [0, 0.05) is 25.7 Å². The van der Waals surface area contributed by atoms with Crippen LogP contribution in [0.5, 0.6) is 0 Å². The van der Waals surface area contributed by atoms with Crippen LogP contribution in [-0.2, 0) is 13.1 Å². The van der Waals surface area contributed by atoms with Gasteiger partial charge in [-0.2, -0.15) is 0 Å². The van der Waals surface area contributed by atoms with Crippen molar-refractivity contribution in [3.63, 3.8) is 0 Å². The minimum atomic E-state index is 0.0503. The van der Waals surface area contributed by atoms with Gasteiger partial charge in [-0.15, -0.1) is 0 Å². The number of rotatable bonds is 4. The maximum atomic E-state index is 12.6. The molecule has 0 atom stereocenters. The molecule has 2 N–H and O–H groups in total.